The van der Waals surface area contributed by atoms with Gasteiger partial charge in [-0.05, 0) is 0 Å². The molecule has 1 amide bonds. The van der Waals surface area contributed by atoms with Crippen molar-refractivity contribution in [2.24, 2.45) is 0 Å². The summed E-state index contributed by atoms with van der Waals surface area (Å²) in [5.41, 5.74) is 0. The van der Waals surface area contributed by atoms with Crippen LogP contribution in [0, 0.1) is 0 Å². The van der Waals surface area contributed by atoms with Crippen molar-refractivity contribution in [1.29, 1.82) is 0 Å². The topological polar surface area (TPSA) is 99.0 Å². The molecule has 1 rings (SSSR count). The largest absolute Gasteiger partial charge is 1.00 e. The lowest BCUT2D eigenvalue weighted by molar-refractivity contribution is -0.164. The third-order valence-electron chi connectivity index (χ3n) is 2.20. The van der Waals surface area contributed by atoms with Gasteiger partial charge in [0.25, 0.3) is 0 Å². The average molecular weight is 206 g/mol. The lowest BCUT2D eigenvalue weighted by atomic mass is 9.98. The van der Waals surface area contributed by atoms with Crippen LogP contribution in [-0.4, -0.2) is 58.8 Å². The normalized spacial score (nSPS) is 38.0. The van der Waals surface area contributed by atoms with E-state index in [0.29, 0.717) is 0 Å². The molecule has 0 aromatic heterocycles. The van der Waals surface area contributed by atoms with E-state index < -0.39 is 24.4 Å². The summed E-state index contributed by atoms with van der Waals surface area (Å²) in [7, 11) is 0. The van der Waals surface area contributed by atoms with Gasteiger partial charge in [-0.15, -0.1) is 0 Å². The SMILES string of the molecule is CC(=O)N[C@H]1CO[C@H](CO)[C@@H](O)[C@@H]1O.[H+]. The number of aliphatic hydroxyl groups excluding tert-OH is 3. The van der Waals surface area contributed by atoms with Crippen molar-refractivity contribution in [3.63, 3.8) is 0 Å². The summed E-state index contributed by atoms with van der Waals surface area (Å²) < 4.78 is 5.05. The Morgan fingerprint density at radius 3 is 2.71 bits per heavy atom. The molecule has 1 heterocycles. The summed E-state index contributed by atoms with van der Waals surface area (Å²) >= 11 is 0. The molecular formula is C8H16NO5+. The fourth-order valence-corrected chi connectivity index (χ4v) is 1.43. The van der Waals surface area contributed by atoms with Crippen molar-refractivity contribution in [3.05, 3.63) is 0 Å². The maximum atomic E-state index is 10.7. The van der Waals surface area contributed by atoms with Crippen LogP contribution in [0.25, 0.3) is 0 Å². The summed E-state index contributed by atoms with van der Waals surface area (Å²) in [4.78, 5) is 10.7. The van der Waals surface area contributed by atoms with Gasteiger partial charge in [0.1, 0.15) is 18.3 Å². The molecule has 1 saturated heterocycles. The summed E-state index contributed by atoms with van der Waals surface area (Å²) in [6, 6.07) is -0.620. The Kier molecular flexibility index (Phi) is 3.82. The van der Waals surface area contributed by atoms with Gasteiger partial charge in [-0.3, -0.25) is 4.79 Å². The number of ether oxygens (including phenoxy) is 1. The van der Waals surface area contributed by atoms with E-state index in [-0.39, 0.29) is 20.5 Å². The van der Waals surface area contributed by atoms with Gasteiger partial charge < -0.3 is 25.4 Å². The Morgan fingerprint density at radius 1 is 1.57 bits per heavy atom. The number of nitrogens with one attached hydrogen (secondary N) is 1. The highest BCUT2D eigenvalue weighted by Crippen LogP contribution is 2.14. The molecule has 0 aromatic carbocycles. The van der Waals surface area contributed by atoms with Crippen LogP contribution in [-0.2, 0) is 9.53 Å². The van der Waals surface area contributed by atoms with E-state index in [1.54, 1.807) is 0 Å². The van der Waals surface area contributed by atoms with Crippen LogP contribution in [0.5, 0.6) is 0 Å². The molecule has 14 heavy (non-hydrogen) atoms. The minimum absolute atomic E-state index is 0. The second kappa shape index (κ2) is 4.70. The molecule has 0 unspecified atom stereocenters. The number of aliphatic hydroxyl groups is 3. The van der Waals surface area contributed by atoms with Crippen LogP contribution < -0.4 is 5.32 Å². The van der Waals surface area contributed by atoms with Crippen molar-refractivity contribution in [2.75, 3.05) is 13.2 Å². The van der Waals surface area contributed by atoms with E-state index in [0.717, 1.165) is 0 Å². The van der Waals surface area contributed by atoms with Gasteiger partial charge in [0.15, 0.2) is 0 Å². The fraction of sp³-hybridized carbons (Fsp3) is 0.875. The smallest absolute Gasteiger partial charge is 0.394 e. The number of hydrogen-bond acceptors (Lipinski definition) is 5. The molecule has 82 valence electrons. The van der Waals surface area contributed by atoms with Crippen LogP contribution in [0.1, 0.15) is 8.35 Å². The lowest BCUT2D eigenvalue weighted by Gasteiger charge is -2.36. The zero-order valence-electron chi connectivity index (χ0n) is 8.88. The van der Waals surface area contributed by atoms with Crippen molar-refractivity contribution >= 4 is 5.91 Å². The molecule has 0 saturated carbocycles. The molecule has 0 radical (unpaired) electrons. The first kappa shape index (κ1) is 11.4. The Bertz CT molecular complexity index is 215. The highest BCUT2D eigenvalue weighted by Gasteiger charge is 2.38. The Hall–Kier alpha value is -0.690. The van der Waals surface area contributed by atoms with Gasteiger partial charge in [0, 0.05) is 6.92 Å². The Balaban J connectivity index is 0.00000196. The molecule has 6 heteroatoms. The summed E-state index contributed by atoms with van der Waals surface area (Å²) in [6.45, 7) is 1.05. The number of carbonyl (C=O) groups excluding carboxylic acids is 1. The van der Waals surface area contributed by atoms with Gasteiger partial charge in [-0.2, -0.15) is 0 Å². The molecule has 4 atom stereocenters. The zero-order valence-corrected chi connectivity index (χ0v) is 7.88. The average Bonchev–Trinajstić information content (AvgIpc) is 2.13. The summed E-state index contributed by atoms with van der Waals surface area (Å²) in [6.07, 6.45) is -3.06. The predicted octanol–water partition coefficient (Wildman–Crippen LogP) is -2.28. The summed E-state index contributed by atoms with van der Waals surface area (Å²) in [5.74, 6) is -0.299. The molecule has 0 bridgehead atoms. The van der Waals surface area contributed by atoms with Crippen LogP contribution in [0.4, 0.5) is 0 Å². The molecule has 1 aliphatic rings. The van der Waals surface area contributed by atoms with E-state index >= 15 is 0 Å². The van der Waals surface area contributed by atoms with E-state index in [4.69, 9.17) is 9.84 Å². The van der Waals surface area contributed by atoms with Crippen molar-refractivity contribution in [2.45, 2.75) is 31.3 Å². The van der Waals surface area contributed by atoms with Crippen molar-refractivity contribution < 1.29 is 26.3 Å². The first-order valence-electron chi connectivity index (χ1n) is 4.42. The fourth-order valence-electron chi connectivity index (χ4n) is 1.43. The third kappa shape index (κ3) is 2.42. The molecule has 1 fully saturated rings. The highest BCUT2D eigenvalue weighted by atomic mass is 16.5. The van der Waals surface area contributed by atoms with Crippen LogP contribution in [0.3, 0.4) is 0 Å². The number of amides is 1. The minimum atomic E-state index is -1.18. The Labute approximate surface area is 83.0 Å². The molecular weight excluding hydrogens is 190 g/mol. The number of hydrogen-bond donors (Lipinski definition) is 4. The van der Waals surface area contributed by atoms with Gasteiger partial charge in [-0.1, -0.05) is 0 Å². The van der Waals surface area contributed by atoms with Gasteiger partial charge >= 0.3 is 1.43 Å². The van der Waals surface area contributed by atoms with Gasteiger partial charge in [0.05, 0.1) is 19.3 Å². The van der Waals surface area contributed by atoms with Crippen molar-refractivity contribution in [3.8, 4) is 0 Å². The van der Waals surface area contributed by atoms with E-state index in [1.165, 1.54) is 6.92 Å². The van der Waals surface area contributed by atoms with Crippen molar-refractivity contribution in [1.82, 2.24) is 5.32 Å². The lowest BCUT2D eigenvalue weighted by Crippen LogP contribution is -2.59. The summed E-state index contributed by atoms with van der Waals surface area (Å²) in [5, 5.41) is 30.2. The zero-order chi connectivity index (χ0) is 10.7. The quantitative estimate of drug-likeness (QED) is 0.408. The molecule has 1 aliphatic heterocycles. The maximum absolute atomic E-state index is 10.7. The molecule has 0 aromatic rings. The standard InChI is InChI=1S/C8H15NO5/c1-4(11)9-5-3-14-6(2-10)8(13)7(5)12/h5-8,10,12-13H,2-3H2,1H3,(H,9,11)/p+1/t5-,6+,7+,8+/m0/s1. The molecule has 6 nitrogen and oxygen atoms in total. The predicted molar refractivity (Wildman–Crippen MR) is 47.6 cm³/mol. The number of rotatable bonds is 2. The molecule has 0 aliphatic carbocycles. The van der Waals surface area contributed by atoms with Crippen LogP contribution in [0.2, 0.25) is 0 Å². The van der Waals surface area contributed by atoms with Gasteiger partial charge in [0.2, 0.25) is 5.91 Å². The van der Waals surface area contributed by atoms with E-state index in [9.17, 15) is 15.0 Å². The van der Waals surface area contributed by atoms with E-state index in [1.807, 2.05) is 0 Å². The maximum Gasteiger partial charge on any atom is 1.00 e. The first-order chi connectivity index (χ1) is 6.56. The second-order valence-corrected chi connectivity index (χ2v) is 3.34. The van der Waals surface area contributed by atoms with Gasteiger partial charge in [-0.25, -0.2) is 0 Å². The molecule has 4 N–H and O–H groups in total. The second-order valence-electron chi connectivity index (χ2n) is 3.34. The number of carbonyl (C=O) groups is 1. The molecule has 0 spiro atoms. The highest BCUT2D eigenvalue weighted by molar-refractivity contribution is 5.73. The monoisotopic (exact) mass is 206 g/mol. The third-order valence-corrected chi connectivity index (χ3v) is 2.20. The van der Waals surface area contributed by atoms with E-state index in [2.05, 4.69) is 5.32 Å². The van der Waals surface area contributed by atoms with Crippen LogP contribution in [0.15, 0.2) is 0 Å². The first-order valence-corrected chi connectivity index (χ1v) is 4.42. The van der Waals surface area contributed by atoms with Crippen LogP contribution >= 0.6 is 0 Å². The minimum Gasteiger partial charge on any atom is -0.394 e. The Morgan fingerprint density at radius 2 is 2.21 bits per heavy atom.